The molecule has 0 bridgehead atoms. The molecular formula is C18H18ClN5O. The number of urea groups is 1. The van der Waals surface area contributed by atoms with Gasteiger partial charge in [0.15, 0.2) is 5.82 Å². The molecule has 0 spiro atoms. The predicted molar refractivity (Wildman–Crippen MR) is 98.6 cm³/mol. The van der Waals surface area contributed by atoms with E-state index in [9.17, 15) is 4.79 Å². The lowest BCUT2D eigenvalue weighted by Gasteiger charge is -2.14. The fourth-order valence-electron chi connectivity index (χ4n) is 2.49. The van der Waals surface area contributed by atoms with Crippen LogP contribution < -0.4 is 10.6 Å². The molecule has 1 aromatic carbocycles. The van der Waals surface area contributed by atoms with Crippen LogP contribution in [0, 0.1) is 6.92 Å². The third kappa shape index (κ3) is 3.97. The summed E-state index contributed by atoms with van der Waals surface area (Å²) < 4.78 is 0. The van der Waals surface area contributed by atoms with Gasteiger partial charge in [0.05, 0.1) is 11.7 Å². The minimum Gasteiger partial charge on any atom is -0.331 e. The zero-order chi connectivity index (χ0) is 17.8. The lowest BCUT2D eigenvalue weighted by molar-refractivity contribution is 0.249. The van der Waals surface area contributed by atoms with Crippen molar-refractivity contribution < 1.29 is 4.79 Å². The summed E-state index contributed by atoms with van der Waals surface area (Å²) in [5.41, 5.74) is 3.64. The Morgan fingerprint density at radius 3 is 2.52 bits per heavy atom. The van der Waals surface area contributed by atoms with Crippen LogP contribution in [0.15, 0.2) is 48.8 Å². The molecule has 0 aliphatic carbocycles. The van der Waals surface area contributed by atoms with Gasteiger partial charge in [0, 0.05) is 28.5 Å². The number of hydrogen-bond donors (Lipinski definition) is 3. The average Bonchev–Trinajstić information content (AvgIpc) is 2.96. The Hall–Kier alpha value is -2.86. The van der Waals surface area contributed by atoms with E-state index in [0.717, 1.165) is 22.4 Å². The number of nitrogens with zero attached hydrogens (tertiary/aromatic N) is 2. The summed E-state index contributed by atoms with van der Waals surface area (Å²) in [5.74, 6) is 0.493. The van der Waals surface area contributed by atoms with E-state index < -0.39 is 0 Å². The van der Waals surface area contributed by atoms with E-state index in [1.807, 2.05) is 38.1 Å². The molecule has 1 atom stereocenters. The highest BCUT2D eigenvalue weighted by molar-refractivity contribution is 6.30. The van der Waals surface area contributed by atoms with E-state index in [-0.39, 0.29) is 12.1 Å². The van der Waals surface area contributed by atoms with Gasteiger partial charge in [0.1, 0.15) is 0 Å². The van der Waals surface area contributed by atoms with Crippen LogP contribution in [-0.2, 0) is 0 Å². The van der Waals surface area contributed by atoms with Crippen molar-refractivity contribution in [2.24, 2.45) is 0 Å². The van der Waals surface area contributed by atoms with Gasteiger partial charge >= 0.3 is 6.03 Å². The molecule has 3 aromatic rings. The molecule has 3 N–H and O–H groups in total. The number of pyridine rings is 1. The number of anilines is 1. The van der Waals surface area contributed by atoms with Crippen molar-refractivity contribution in [2.45, 2.75) is 19.9 Å². The Morgan fingerprint density at radius 1 is 1.16 bits per heavy atom. The maximum atomic E-state index is 12.2. The zero-order valence-electron chi connectivity index (χ0n) is 13.9. The largest absolute Gasteiger partial charge is 0.331 e. The summed E-state index contributed by atoms with van der Waals surface area (Å²) in [6.45, 7) is 3.81. The number of carbonyl (C=O) groups is 1. The second-order valence-electron chi connectivity index (χ2n) is 5.68. The van der Waals surface area contributed by atoms with Crippen molar-refractivity contribution >= 4 is 23.4 Å². The topological polar surface area (TPSA) is 82.7 Å². The van der Waals surface area contributed by atoms with Crippen LogP contribution in [0.4, 0.5) is 10.6 Å². The van der Waals surface area contributed by atoms with E-state index in [2.05, 4.69) is 25.8 Å². The summed E-state index contributed by atoms with van der Waals surface area (Å²) >= 11 is 5.88. The maximum absolute atomic E-state index is 12.2. The minimum absolute atomic E-state index is 0.156. The molecule has 7 heteroatoms. The van der Waals surface area contributed by atoms with Gasteiger partial charge in [-0.05, 0) is 43.7 Å². The highest BCUT2D eigenvalue weighted by Crippen LogP contribution is 2.25. The number of benzene rings is 1. The van der Waals surface area contributed by atoms with Gasteiger partial charge in [-0.25, -0.2) is 4.79 Å². The summed E-state index contributed by atoms with van der Waals surface area (Å²) in [6, 6.07) is 10.6. The van der Waals surface area contributed by atoms with Crippen LogP contribution in [0.2, 0.25) is 5.02 Å². The number of carbonyl (C=O) groups excluding carboxylic acids is 1. The van der Waals surface area contributed by atoms with E-state index in [1.54, 1.807) is 24.5 Å². The van der Waals surface area contributed by atoms with E-state index in [1.165, 1.54) is 0 Å². The molecule has 0 saturated carbocycles. The molecule has 0 radical (unpaired) electrons. The number of rotatable bonds is 4. The monoisotopic (exact) mass is 355 g/mol. The predicted octanol–water partition coefficient (Wildman–Crippen LogP) is 4.32. The zero-order valence-corrected chi connectivity index (χ0v) is 14.6. The molecular weight excluding hydrogens is 338 g/mol. The van der Waals surface area contributed by atoms with Gasteiger partial charge in [-0.15, -0.1) is 0 Å². The van der Waals surface area contributed by atoms with Crippen LogP contribution in [0.5, 0.6) is 0 Å². The Balaban J connectivity index is 1.67. The number of hydrogen-bond acceptors (Lipinski definition) is 3. The van der Waals surface area contributed by atoms with E-state index in [4.69, 9.17) is 11.6 Å². The van der Waals surface area contributed by atoms with E-state index >= 15 is 0 Å². The first kappa shape index (κ1) is 17.0. The van der Waals surface area contributed by atoms with Crippen molar-refractivity contribution in [3.05, 3.63) is 64.9 Å². The Labute approximate surface area is 150 Å². The minimum atomic E-state index is -0.321. The first-order valence-corrected chi connectivity index (χ1v) is 8.20. The quantitative estimate of drug-likeness (QED) is 0.651. The summed E-state index contributed by atoms with van der Waals surface area (Å²) in [6.07, 6.45) is 3.42. The number of nitrogens with one attached hydrogen (secondary N) is 3. The van der Waals surface area contributed by atoms with Gasteiger partial charge in [0.25, 0.3) is 0 Å². The summed E-state index contributed by atoms with van der Waals surface area (Å²) in [7, 11) is 0. The normalized spacial score (nSPS) is 11.8. The smallest absolute Gasteiger partial charge is 0.320 e. The van der Waals surface area contributed by atoms with Crippen molar-refractivity contribution in [3.8, 4) is 11.3 Å². The molecule has 1 unspecified atom stereocenters. The van der Waals surface area contributed by atoms with Gasteiger partial charge in [-0.1, -0.05) is 23.7 Å². The average molecular weight is 356 g/mol. The Kier molecular flexibility index (Phi) is 5.00. The van der Waals surface area contributed by atoms with E-state index in [0.29, 0.717) is 10.8 Å². The molecule has 0 aliphatic heterocycles. The van der Waals surface area contributed by atoms with Crippen LogP contribution in [-0.4, -0.2) is 21.2 Å². The van der Waals surface area contributed by atoms with Gasteiger partial charge < -0.3 is 5.32 Å². The van der Waals surface area contributed by atoms with Gasteiger partial charge in [0.2, 0.25) is 0 Å². The molecule has 2 amide bonds. The fourth-order valence-corrected chi connectivity index (χ4v) is 2.62. The number of H-pyrrole nitrogens is 1. The highest BCUT2D eigenvalue weighted by atomic mass is 35.5. The molecule has 3 rings (SSSR count). The van der Waals surface area contributed by atoms with Crippen molar-refractivity contribution in [1.29, 1.82) is 0 Å². The van der Waals surface area contributed by atoms with Crippen molar-refractivity contribution in [2.75, 3.05) is 5.32 Å². The second kappa shape index (κ2) is 7.36. The standard InChI is InChI=1S/C18H18ClN5O/c1-11-16(14-7-9-20-10-8-14)23-24-17(11)22-18(25)21-12(2)13-3-5-15(19)6-4-13/h3-10,12H,1-2H3,(H3,21,22,23,24,25). The first-order valence-electron chi connectivity index (χ1n) is 7.83. The fraction of sp³-hybridized carbons (Fsp3) is 0.167. The molecule has 0 saturated heterocycles. The third-order valence-electron chi connectivity index (χ3n) is 3.93. The Bertz CT molecular complexity index is 861. The number of aromatic amines is 1. The first-order chi connectivity index (χ1) is 12.0. The molecule has 2 aromatic heterocycles. The molecule has 2 heterocycles. The van der Waals surface area contributed by atoms with Gasteiger partial charge in [-0.3, -0.25) is 15.4 Å². The highest BCUT2D eigenvalue weighted by Gasteiger charge is 2.15. The molecule has 6 nitrogen and oxygen atoms in total. The SMILES string of the molecule is Cc1c(NC(=O)NC(C)c2ccc(Cl)cc2)n[nH]c1-c1ccncc1. The van der Waals surface area contributed by atoms with Crippen LogP contribution in [0.25, 0.3) is 11.3 Å². The number of halogens is 1. The molecule has 128 valence electrons. The van der Waals surface area contributed by atoms with Crippen molar-refractivity contribution in [3.63, 3.8) is 0 Å². The van der Waals surface area contributed by atoms with Gasteiger partial charge in [-0.2, -0.15) is 5.10 Å². The number of amides is 2. The maximum Gasteiger partial charge on any atom is 0.320 e. The molecule has 0 fully saturated rings. The van der Waals surface area contributed by atoms with Crippen LogP contribution in [0.3, 0.4) is 0 Å². The number of aromatic nitrogens is 3. The Morgan fingerprint density at radius 2 is 1.84 bits per heavy atom. The third-order valence-corrected chi connectivity index (χ3v) is 4.18. The molecule has 25 heavy (non-hydrogen) atoms. The lowest BCUT2D eigenvalue weighted by Crippen LogP contribution is -2.31. The second-order valence-corrected chi connectivity index (χ2v) is 6.12. The molecule has 0 aliphatic rings. The summed E-state index contributed by atoms with van der Waals surface area (Å²) in [5, 5.41) is 13.5. The van der Waals surface area contributed by atoms with Crippen LogP contribution >= 0.6 is 11.6 Å². The van der Waals surface area contributed by atoms with Crippen LogP contribution in [0.1, 0.15) is 24.1 Å². The van der Waals surface area contributed by atoms with Crippen molar-refractivity contribution in [1.82, 2.24) is 20.5 Å². The summed E-state index contributed by atoms with van der Waals surface area (Å²) in [4.78, 5) is 16.2. The lowest BCUT2D eigenvalue weighted by atomic mass is 10.1.